The van der Waals surface area contributed by atoms with Gasteiger partial charge in [-0.1, -0.05) is 6.07 Å². The van der Waals surface area contributed by atoms with E-state index >= 15 is 0 Å². The van der Waals surface area contributed by atoms with Crippen LogP contribution in [0.2, 0.25) is 0 Å². The summed E-state index contributed by atoms with van der Waals surface area (Å²) in [6.07, 6.45) is 1.71. The number of nitrogens with zero attached hydrogens (tertiary/aromatic N) is 1. The van der Waals surface area contributed by atoms with Gasteiger partial charge in [0.15, 0.2) is 0 Å². The number of pyridine rings is 1. The van der Waals surface area contributed by atoms with Crippen molar-refractivity contribution in [2.75, 3.05) is 0 Å². The predicted molar refractivity (Wildman–Crippen MR) is 51.2 cm³/mol. The topological polar surface area (TPSA) is 12.9 Å². The fourth-order valence-corrected chi connectivity index (χ4v) is 1.52. The molecule has 66 valence electrons. The molecular formula is C11H10FN. The van der Waals surface area contributed by atoms with Crippen molar-refractivity contribution >= 4 is 10.9 Å². The molecule has 0 spiro atoms. The van der Waals surface area contributed by atoms with Gasteiger partial charge in [-0.25, -0.2) is 4.39 Å². The van der Waals surface area contributed by atoms with Gasteiger partial charge in [0.2, 0.25) is 0 Å². The zero-order valence-electron chi connectivity index (χ0n) is 7.63. The lowest BCUT2D eigenvalue weighted by molar-refractivity contribution is 0.638. The van der Waals surface area contributed by atoms with Crippen LogP contribution < -0.4 is 0 Å². The summed E-state index contributed by atoms with van der Waals surface area (Å²) in [5.74, 6) is -0.189. The Bertz CT molecular complexity index is 455. The minimum absolute atomic E-state index is 0.189. The first-order valence-electron chi connectivity index (χ1n) is 4.20. The van der Waals surface area contributed by atoms with Crippen molar-refractivity contribution in [3.8, 4) is 0 Å². The van der Waals surface area contributed by atoms with Crippen LogP contribution in [0.3, 0.4) is 0 Å². The molecule has 0 bridgehead atoms. The van der Waals surface area contributed by atoms with Gasteiger partial charge in [0.1, 0.15) is 5.82 Å². The maximum Gasteiger partial charge on any atom is 0.132 e. The summed E-state index contributed by atoms with van der Waals surface area (Å²) in [7, 11) is 0. The van der Waals surface area contributed by atoms with E-state index in [1.807, 2.05) is 19.9 Å². The molecule has 0 aliphatic rings. The van der Waals surface area contributed by atoms with Crippen LogP contribution in [-0.4, -0.2) is 4.98 Å². The Kier molecular flexibility index (Phi) is 1.76. The SMILES string of the molecule is Cc1ccc(F)c2c(C)ccnc12. The molecule has 2 heteroatoms. The van der Waals surface area contributed by atoms with Crippen LogP contribution in [0.15, 0.2) is 24.4 Å². The van der Waals surface area contributed by atoms with Gasteiger partial charge in [0, 0.05) is 11.6 Å². The van der Waals surface area contributed by atoms with E-state index in [0.717, 1.165) is 16.6 Å². The van der Waals surface area contributed by atoms with Crippen LogP contribution in [0.4, 0.5) is 4.39 Å². The molecule has 0 atom stereocenters. The average Bonchev–Trinajstić information content (AvgIpc) is 2.12. The van der Waals surface area contributed by atoms with Crippen LogP contribution in [0.1, 0.15) is 11.1 Å². The molecule has 2 rings (SSSR count). The van der Waals surface area contributed by atoms with E-state index in [1.165, 1.54) is 6.07 Å². The number of benzene rings is 1. The lowest BCUT2D eigenvalue weighted by atomic mass is 10.1. The van der Waals surface area contributed by atoms with Crippen LogP contribution in [-0.2, 0) is 0 Å². The van der Waals surface area contributed by atoms with E-state index in [-0.39, 0.29) is 5.82 Å². The van der Waals surface area contributed by atoms with E-state index in [4.69, 9.17) is 0 Å². The average molecular weight is 175 g/mol. The van der Waals surface area contributed by atoms with Crippen molar-refractivity contribution < 1.29 is 4.39 Å². The Morgan fingerprint density at radius 1 is 1.08 bits per heavy atom. The van der Waals surface area contributed by atoms with Gasteiger partial charge in [-0.05, 0) is 37.1 Å². The maximum absolute atomic E-state index is 13.4. The number of hydrogen-bond acceptors (Lipinski definition) is 1. The smallest absolute Gasteiger partial charge is 0.132 e. The maximum atomic E-state index is 13.4. The molecule has 0 aliphatic carbocycles. The molecule has 0 saturated carbocycles. The Hall–Kier alpha value is -1.44. The largest absolute Gasteiger partial charge is 0.256 e. The van der Waals surface area contributed by atoms with Gasteiger partial charge in [-0.3, -0.25) is 4.98 Å². The molecule has 1 nitrogen and oxygen atoms in total. The number of aryl methyl sites for hydroxylation is 2. The van der Waals surface area contributed by atoms with E-state index in [2.05, 4.69) is 4.98 Å². The summed E-state index contributed by atoms with van der Waals surface area (Å²) in [6, 6.07) is 5.07. The molecule has 0 saturated heterocycles. The first-order chi connectivity index (χ1) is 6.20. The third kappa shape index (κ3) is 1.18. The zero-order chi connectivity index (χ0) is 9.42. The molecule has 0 fully saturated rings. The van der Waals surface area contributed by atoms with Crippen molar-refractivity contribution in [1.29, 1.82) is 0 Å². The van der Waals surface area contributed by atoms with E-state index in [9.17, 15) is 4.39 Å². The summed E-state index contributed by atoms with van der Waals surface area (Å²) < 4.78 is 13.4. The van der Waals surface area contributed by atoms with E-state index < -0.39 is 0 Å². The van der Waals surface area contributed by atoms with Gasteiger partial charge in [0.25, 0.3) is 0 Å². The molecule has 0 radical (unpaired) electrons. The predicted octanol–water partition coefficient (Wildman–Crippen LogP) is 2.99. The normalized spacial score (nSPS) is 10.7. The third-order valence-corrected chi connectivity index (χ3v) is 2.25. The molecule has 1 aromatic carbocycles. The second kappa shape index (κ2) is 2.80. The van der Waals surface area contributed by atoms with E-state index in [0.29, 0.717) is 5.39 Å². The summed E-state index contributed by atoms with van der Waals surface area (Å²) in [6.45, 7) is 3.83. The molecule has 0 N–H and O–H groups in total. The first kappa shape index (κ1) is 8.17. The minimum Gasteiger partial charge on any atom is -0.256 e. The minimum atomic E-state index is -0.189. The Balaban J connectivity index is 3.00. The molecule has 0 amide bonds. The van der Waals surface area contributed by atoms with Crippen LogP contribution in [0.5, 0.6) is 0 Å². The van der Waals surface area contributed by atoms with Gasteiger partial charge >= 0.3 is 0 Å². The highest BCUT2D eigenvalue weighted by molar-refractivity contribution is 5.85. The molecule has 13 heavy (non-hydrogen) atoms. The molecule has 0 unspecified atom stereocenters. The third-order valence-electron chi connectivity index (χ3n) is 2.25. The summed E-state index contributed by atoms with van der Waals surface area (Å²) in [4.78, 5) is 4.16. The Morgan fingerprint density at radius 3 is 2.54 bits per heavy atom. The number of halogens is 1. The summed E-state index contributed by atoms with van der Waals surface area (Å²) >= 11 is 0. The standard InChI is InChI=1S/C11H10FN/c1-7-5-6-13-11-8(2)3-4-9(12)10(7)11/h3-6H,1-2H3. The first-order valence-corrected chi connectivity index (χ1v) is 4.20. The summed E-state index contributed by atoms with van der Waals surface area (Å²) in [5.41, 5.74) is 2.71. The number of aromatic nitrogens is 1. The molecule has 1 heterocycles. The fourth-order valence-electron chi connectivity index (χ4n) is 1.52. The molecular weight excluding hydrogens is 165 g/mol. The van der Waals surface area contributed by atoms with Crippen molar-refractivity contribution in [2.24, 2.45) is 0 Å². The zero-order valence-corrected chi connectivity index (χ0v) is 7.63. The quantitative estimate of drug-likeness (QED) is 0.599. The van der Waals surface area contributed by atoms with Gasteiger partial charge in [-0.2, -0.15) is 0 Å². The second-order valence-corrected chi connectivity index (χ2v) is 3.22. The number of rotatable bonds is 0. The molecule has 1 aromatic heterocycles. The number of fused-ring (bicyclic) bond motifs is 1. The Morgan fingerprint density at radius 2 is 1.85 bits per heavy atom. The second-order valence-electron chi connectivity index (χ2n) is 3.22. The van der Waals surface area contributed by atoms with Crippen molar-refractivity contribution in [2.45, 2.75) is 13.8 Å². The van der Waals surface area contributed by atoms with Crippen molar-refractivity contribution in [3.63, 3.8) is 0 Å². The van der Waals surface area contributed by atoms with Crippen LogP contribution in [0, 0.1) is 19.7 Å². The van der Waals surface area contributed by atoms with Crippen molar-refractivity contribution in [3.05, 3.63) is 41.3 Å². The number of hydrogen-bond donors (Lipinski definition) is 0. The van der Waals surface area contributed by atoms with Crippen LogP contribution in [0.25, 0.3) is 10.9 Å². The Labute approximate surface area is 76.2 Å². The van der Waals surface area contributed by atoms with Crippen molar-refractivity contribution in [1.82, 2.24) is 4.98 Å². The summed E-state index contributed by atoms with van der Waals surface area (Å²) in [5, 5.41) is 0.641. The van der Waals surface area contributed by atoms with Gasteiger partial charge in [0.05, 0.1) is 5.52 Å². The van der Waals surface area contributed by atoms with E-state index in [1.54, 1.807) is 12.3 Å². The van der Waals surface area contributed by atoms with Gasteiger partial charge < -0.3 is 0 Å². The fraction of sp³-hybridized carbons (Fsp3) is 0.182. The highest BCUT2D eigenvalue weighted by atomic mass is 19.1. The van der Waals surface area contributed by atoms with Gasteiger partial charge in [-0.15, -0.1) is 0 Å². The monoisotopic (exact) mass is 175 g/mol. The molecule has 2 aromatic rings. The lowest BCUT2D eigenvalue weighted by Crippen LogP contribution is -1.89. The lowest BCUT2D eigenvalue weighted by Gasteiger charge is -2.04. The highest BCUT2D eigenvalue weighted by Gasteiger charge is 2.05. The van der Waals surface area contributed by atoms with Crippen LogP contribution >= 0.6 is 0 Å². The highest BCUT2D eigenvalue weighted by Crippen LogP contribution is 2.22. The molecule has 0 aliphatic heterocycles.